The Bertz CT molecular complexity index is 1250. The van der Waals surface area contributed by atoms with Crippen LogP contribution in [0.4, 0.5) is 14.6 Å². The quantitative estimate of drug-likeness (QED) is 0.533. The van der Waals surface area contributed by atoms with Gasteiger partial charge in [0.15, 0.2) is 5.65 Å². The lowest BCUT2D eigenvalue weighted by molar-refractivity contribution is 0.545. The van der Waals surface area contributed by atoms with Crippen molar-refractivity contribution in [3.05, 3.63) is 82.5 Å². The second-order valence-electron chi connectivity index (χ2n) is 6.74. The number of hydrogen-bond acceptors (Lipinski definition) is 5. The SMILES string of the molecule is CN(C)c1cc(-c2cc(F)c(Cn3c(=O)cnc4ncccc43)c(F)c2)ccn1. The molecule has 0 saturated carbocycles. The molecule has 3 aromatic heterocycles. The van der Waals surface area contributed by atoms with Crippen molar-refractivity contribution in [3.8, 4) is 11.1 Å². The maximum absolute atomic E-state index is 14.9. The molecule has 0 saturated heterocycles. The first-order valence-corrected chi connectivity index (χ1v) is 8.86. The number of hydrogen-bond donors (Lipinski definition) is 0. The van der Waals surface area contributed by atoms with Gasteiger partial charge in [0.1, 0.15) is 17.5 Å². The van der Waals surface area contributed by atoms with Gasteiger partial charge in [-0.15, -0.1) is 0 Å². The lowest BCUT2D eigenvalue weighted by atomic mass is 10.0. The molecule has 29 heavy (non-hydrogen) atoms. The van der Waals surface area contributed by atoms with Crippen LogP contribution in [0.3, 0.4) is 0 Å². The van der Waals surface area contributed by atoms with Gasteiger partial charge in [0, 0.05) is 32.1 Å². The third kappa shape index (κ3) is 3.56. The average molecular weight is 393 g/mol. The van der Waals surface area contributed by atoms with Crippen LogP contribution in [0.25, 0.3) is 22.3 Å². The van der Waals surface area contributed by atoms with Gasteiger partial charge < -0.3 is 4.90 Å². The molecular formula is C21H17F2N5O. The second kappa shape index (κ2) is 7.38. The van der Waals surface area contributed by atoms with Gasteiger partial charge in [0.2, 0.25) is 0 Å². The van der Waals surface area contributed by atoms with Crippen LogP contribution in [0.15, 0.2) is 59.8 Å². The van der Waals surface area contributed by atoms with Crippen LogP contribution in [-0.4, -0.2) is 33.6 Å². The first-order valence-electron chi connectivity index (χ1n) is 8.86. The third-order valence-electron chi connectivity index (χ3n) is 4.61. The maximum Gasteiger partial charge on any atom is 0.269 e. The van der Waals surface area contributed by atoms with E-state index in [-0.39, 0.29) is 12.1 Å². The maximum atomic E-state index is 14.9. The number of halogens is 2. The van der Waals surface area contributed by atoms with E-state index in [1.54, 1.807) is 35.4 Å². The molecule has 3 heterocycles. The van der Waals surface area contributed by atoms with E-state index >= 15 is 0 Å². The molecule has 0 N–H and O–H groups in total. The van der Waals surface area contributed by atoms with Crippen molar-refractivity contribution in [2.45, 2.75) is 6.54 Å². The summed E-state index contributed by atoms with van der Waals surface area (Å²) in [5.74, 6) is -0.789. The van der Waals surface area contributed by atoms with E-state index in [1.165, 1.54) is 22.9 Å². The summed E-state index contributed by atoms with van der Waals surface area (Å²) in [7, 11) is 3.67. The Morgan fingerprint density at radius 2 is 1.72 bits per heavy atom. The average Bonchev–Trinajstić information content (AvgIpc) is 2.72. The van der Waals surface area contributed by atoms with Crippen molar-refractivity contribution in [3.63, 3.8) is 0 Å². The molecule has 0 bridgehead atoms. The Morgan fingerprint density at radius 3 is 2.45 bits per heavy atom. The minimum Gasteiger partial charge on any atom is -0.363 e. The highest BCUT2D eigenvalue weighted by Crippen LogP contribution is 2.27. The summed E-state index contributed by atoms with van der Waals surface area (Å²) in [6.07, 6.45) is 4.22. The topological polar surface area (TPSA) is 63.9 Å². The van der Waals surface area contributed by atoms with Crippen LogP contribution in [0, 0.1) is 11.6 Å². The molecule has 0 aliphatic carbocycles. The summed E-state index contributed by atoms with van der Waals surface area (Å²) in [6, 6.07) is 9.25. The van der Waals surface area contributed by atoms with E-state index < -0.39 is 17.2 Å². The number of nitrogens with zero attached hydrogens (tertiary/aromatic N) is 5. The zero-order valence-corrected chi connectivity index (χ0v) is 15.8. The second-order valence-corrected chi connectivity index (χ2v) is 6.74. The number of fused-ring (bicyclic) bond motifs is 1. The van der Waals surface area contributed by atoms with E-state index in [0.717, 1.165) is 6.20 Å². The van der Waals surface area contributed by atoms with Gasteiger partial charge in [-0.05, 0) is 47.5 Å². The molecule has 0 radical (unpaired) electrons. The number of benzene rings is 1. The summed E-state index contributed by atoms with van der Waals surface area (Å²) in [6.45, 7) is -0.263. The summed E-state index contributed by atoms with van der Waals surface area (Å²) in [5.41, 5.74) is 1.11. The van der Waals surface area contributed by atoms with E-state index in [1.807, 2.05) is 14.1 Å². The van der Waals surface area contributed by atoms with Gasteiger partial charge >= 0.3 is 0 Å². The van der Waals surface area contributed by atoms with Gasteiger partial charge in [-0.2, -0.15) is 0 Å². The predicted molar refractivity (Wildman–Crippen MR) is 107 cm³/mol. The van der Waals surface area contributed by atoms with Crippen molar-refractivity contribution in [1.29, 1.82) is 0 Å². The molecule has 4 aromatic rings. The largest absolute Gasteiger partial charge is 0.363 e. The molecular weight excluding hydrogens is 376 g/mol. The highest BCUT2D eigenvalue weighted by Gasteiger charge is 2.16. The summed E-state index contributed by atoms with van der Waals surface area (Å²) >= 11 is 0. The van der Waals surface area contributed by atoms with Crippen molar-refractivity contribution in [2.75, 3.05) is 19.0 Å². The Balaban J connectivity index is 1.77. The number of aromatic nitrogens is 4. The van der Waals surface area contributed by atoms with Crippen LogP contribution >= 0.6 is 0 Å². The lowest BCUT2D eigenvalue weighted by Crippen LogP contribution is -2.22. The third-order valence-corrected chi connectivity index (χ3v) is 4.61. The minimum absolute atomic E-state index is 0.200. The Labute approximate surface area is 165 Å². The molecule has 1 aromatic carbocycles. The van der Waals surface area contributed by atoms with Crippen molar-refractivity contribution >= 4 is 17.0 Å². The zero-order valence-electron chi connectivity index (χ0n) is 15.8. The minimum atomic E-state index is -0.732. The van der Waals surface area contributed by atoms with Crippen LogP contribution in [0.2, 0.25) is 0 Å². The molecule has 8 heteroatoms. The molecule has 0 spiro atoms. The van der Waals surface area contributed by atoms with E-state index in [0.29, 0.717) is 28.1 Å². The van der Waals surface area contributed by atoms with Gasteiger partial charge in [-0.3, -0.25) is 9.36 Å². The van der Waals surface area contributed by atoms with Crippen LogP contribution < -0.4 is 10.5 Å². The lowest BCUT2D eigenvalue weighted by Gasteiger charge is -2.14. The van der Waals surface area contributed by atoms with Crippen LogP contribution in [-0.2, 0) is 6.54 Å². The summed E-state index contributed by atoms with van der Waals surface area (Å²) < 4.78 is 31.0. The fraction of sp³-hybridized carbons (Fsp3) is 0.143. The van der Waals surface area contributed by atoms with Crippen molar-refractivity contribution in [2.24, 2.45) is 0 Å². The number of rotatable bonds is 4. The smallest absolute Gasteiger partial charge is 0.269 e. The molecule has 0 unspecified atom stereocenters. The summed E-state index contributed by atoms with van der Waals surface area (Å²) in [5, 5.41) is 0. The fourth-order valence-electron chi connectivity index (χ4n) is 3.09. The van der Waals surface area contributed by atoms with Gasteiger partial charge in [0.25, 0.3) is 5.56 Å². The first kappa shape index (κ1) is 18.7. The monoisotopic (exact) mass is 393 g/mol. The standard InChI is InChI=1S/C21H17F2N5O/c1-27(2)19-10-13(5-7-24-19)14-8-16(22)15(17(23)9-14)12-28-18-4-3-6-25-21(18)26-11-20(28)29/h3-11H,12H2,1-2H3. The molecule has 146 valence electrons. The number of pyridine rings is 2. The van der Waals surface area contributed by atoms with Gasteiger partial charge in [-0.25, -0.2) is 23.7 Å². The van der Waals surface area contributed by atoms with Crippen molar-refractivity contribution in [1.82, 2.24) is 19.5 Å². The summed E-state index contributed by atoms with van der Waals surface area (Å²) in [4.78, 5) is 26.3. The molecule has 4 rings (SSSR count). The fourth-order valence-corrected chi connectivity index (χ4v) is 3.09. The van der Waals surface area contributed by atoms with E-state index in [2.05, 4.69) is 15.0 Å². The predicted octanol–water partition coefficient (Wildman–Crippen LogP) is 3.25. The highest BCUT2D eigenvalue weighted by molar-refractivity contribution is 5.70. The molecule has 0 aliphatic rings. The molecule has 0 amide bonds. The van der Waals surface area contributed by atoms with E-state index in [9.17, 15) is 13.6 Å². The molecule has 6 nitrogen and oxygen atoms in total. The molecule has 0 atom stereocenters. The Morgan fingerprint density at radius 1 is 0.966 bits per heavy atom. The highest BCUT2D eigenvalue weighted by atomic mass is 19.1. The normalized spacial score (nSPS) is 11.0. The first-order chi connectivity index (χ1) is 13.9. The molecule has 0 aliphatic heterocycles. The zero-order chi connectivity index (χ0) is 20.5. The Kier molecular flexibility index (Phi) is 4.75. The number of anilines is 1. The van der Waals surface area contributed by atoms with Crippen LogP contribution in [0.5, 0.6) is 0 Å². The Hall–Kier alpha value is -3.68. The van der Waals surface area contributed by atoms with Crippen molar-refractivity contribution < 1.29 is 8.78 Å². The molecule has 0 fully saturated rings. The van der Waals surface area contributed by atoms with Gasteiger partial charge in [0.05, 0.1) is 18.3 Å². The van der Waals surface area contributed by atoms with Crippen LogP contribution in [0.1, 0.15) is 5.56 Å². The van der Waals surface area contributed by atoms with E-state index in [4.69, 9.17) is 0 Å². The van der Waals surface area contributed by atoms with Gasteiger partial charge in [-0.1, -0.05) is 0 Å².